The molecule has 1 N–H and O–H groups in total. The zero-order valence-corrected chi connectivity index (χ0v) is 14.6. The lowest BCUT2D eigenvalue weighted by Crippen LogP contribution is -2.31. The molecule has 0 radical (unpaired) electrons. The number of hydrogen-bond donors (Lipinski definition) is 1. The number of nitrogens with zero attached hydrogens (tertiary/aromatic N) is 3. The number of carbonyl (C=O) groups excluding carboxylic acids is 2. The number of aliphatic hydroxyl groups is 1. The molecule has 0 bridgehead atoms. The van der Waals surface area contributed by atoms with Gasteiger partial charge in [-0.05, 0) is 23.8 Å². The number of aromatic nitrogens is 2. The van der Waals surface area contributed by atoms with Crippen LogP contribution in [0.3, 0.4) is 0 Å². The van der Waals surface area contributed by atoms with Crippen molar-refractivity contribution in [1.82, 2.24) is 10.2 Å². The van der Waals surface area contributed by atoms with Crippen molar-refractivity contribution in [3.8, 4) is 0 Å². The molecule has 3 heterocycles. The number of halogens is 1. The third-order valence-corrected chi connectivity index (χ3v) is 4.99. The van der Waals surface area contributed by atoms with E-state index >= 15 is 0 Å². The fourth-order valence-electron chi connectivity index (χ4n) is 2.84. The molecule has 7 nitrogen and oxygen atoms in total. The van der Waals surface area contributed by atoms with Crippen LogP contribution in [0.4, 0.5) is 5.13 Å². The summed E-state index contributed by atoms with van der Waals surface area (Å²) in [5, 5.41) is 18.7. The number of ketones is 1. The molecule has 4 rings (SSSR count). The average Bonchev–Trinajstić information content (AvgIpc) is 3.37. The molecule has 1 atom stereocenters. The first-order chi connectivity index (χ1) is 12.6. The van der Waals surface area contributed by atoms with Crippen LogP contribution in [0.25, 0.3) is 0 Å². The normalized spacial score (nSPS) is 17.2. The second kappa shape index (κ2) is 6.40. The van der Waals surface area contributed by atoms with Crippen LogP contribution in [0.1, 0.15) is 22.2 Å². The summed E-state index contributed by atoms with van der Waals surface area (Å²) in [7, 11) is 0. The molecule has 1 aromatic carbocycles. The number of rotatable bonds is 4. The van der Waals surface area contributed by atoms with E-state index in [2.05, 4.69) is 10.2 Å². The maximum atomic E-state index is 12.9. The molecule has 3 aromatic rings. The van der Waals surface area contributed by atoms with E-state index in [-0.39, 0.29) is 16.5 Å². The first-order valence-corrected chi connectivity index (χ1v) is 8.71. The molecule has 0 saturated carbocycles. The smallest absolute Gasteiger partial charge is 0.296 e. The highest BCUT2D eigenvalue weighted by Gasteiger charge is 2.47. The van der Waals surface area contributed by atoms with E-state index in [9.17, 15) is 14.7 Å². The Labute approximate surface area is 156 Å². The zero-order valence-electron chi connectivity index (χ0n) is 13.0. The predicted molar refractivity (Wildman–Crippen MR) is 94.3 cm³/mol. The van der Waals surface area contributed by atoms with E-state index in [0.717, 1.165) is 11.3 Å². The second-order valence-corrected chi connectivity index (χ2v) is 6.61. The Hall–Kier alpha value is -2.97. The summed E-state index contributed by atoms with van der Waals surface area (Å²) in [5.41, 5.74) is 1.82. The van der Waals surface area contributed by atoms with Crippen LogP contribution >= 0.6 is 22.9 Å². The topological polar surface area (TPSA) is 96.5 Å². The van der Waals surface area contributed by atoms with Gasteiger partial charge in [0.05, 0.1) is 17.9 Å². The summed E-state index contributed by atoms with van der Waals surface area (Å²) >= 11 is 7.42. The van der Waals surface area contributed by atoms with Crippen molar-refractivity contribution in [2.45, 2.75) is 6.04 Å². The van der Waals surface area contributed by atoms with Crippen LogP contribution in [0.2, 0.25) is 5.02 Å². The number of benzene rings is 1. The van der Waals surface area contributed by atoms with Gasteiger partial charge in [0.2, 0.25) is 10.9 Å². The van der Waals surface area contributed by atoms with Crippen molar-refractivity contribution in [2.24, 2.45) is 0 Å². The van der Waals surface area contributed by atoms with E-state index < -0.39 is 23.5 Å². The van der Waals surface area contributed by atoms with E-state index in [4.69, 9.17) is 16.0 Å². The van der Waals surface area contributed by atoms with Crippen molar-refractivity contribution >= 4 is 39.8 Å². The van der Waals surface area contributed by atoms with Gasteiger partial charge in [0.15, 0.2) is 11.5 Å². The maximum absolute atomic E-state index is 12.9. The Morgan fingerprint density at radius 3 is 2.73 bits per heavy atom. The third-order valence-electron chi connectivity index (χ3n) is 3.95. The number of furan rings is 1. The zero-order chi connectivity index (χ0) is 18.3. The summed E-state index contributed by atoms with van der Waals surface area (Å²) < 4.78 is 5.15. The highest BCUT2D eigenvalue weighted by atomic mass is 35.5. The van der Waals surface area contributed by atoms with Gasteiger partial charge in [0.1, 0.15) is 5.51 Å². The van der Waals surface area contributed by atoms with Crippen molar-refractivity contribution in [3.63, 3.8) is 0 Å². The molecule has 130 valence electrons. The van der Waals surface area contributed by atoms with Crippen molar-refractivity contribution in [2.75, 3.05) is 4.90 Å². The van der Waals surface area contributed by atoms with Crippen molar-refractivity contribution < 1.29 is 19.1 Å². The Morgan fingerprint density at radius 2 is 2.08 bits per heavy atom. The van der Waals surface area contributed by atoms with E-state index in [0.29, 0.717) is 10.6 Å². The first-order valence-electron chi connectivity index (χ1n) is 7.45. The van der Waals surface area contributed by atoms with Crippen molar-refractivity contribution in [1.29, 1.82) is 0 Å². The summed E-state index contributed by atoms with van der Waals surface area (Å²) in [6.45, 7) is 0. The first kappa shape index (κ1) is 16.5. The maximum Gasteiger partial charge on any atom is 0.296 e. The summed E-state index contributed by atoms with van der Waals surface area (Å²) in [5.74, 6) is -2.00. The quantitative estimate of drug-likeness (QED) is 0.687. The molecule has 0 aliphatic carbocycles. The van der Waals surface area contributed by atoms with Gasteiger partial charge >= 0.3 is 0 Å². The summed E-state index contributed by atoms with van der Waals surface area (Å²) in [6.07, 6.45) is 1.34. The Kier molecular flexibility index (Phi) is 4.06. The fourth-order valence-corrected chi connectivity index (χ4v) is 3.66. The number of Topliss-reactive ketones (excluding diaryl/α,β-unsaturated/α-hetero) is 1. The molecule has 0 spiro atoms. The van der Waals surface area contributed by atoms with Gasteiger partial charge in [-0.15, -0.1) is 10.2 Å². The Balaban J connectivity index is 1.91. The number of anilines is 1. The van der Waals surface area contributed by atoms with Crippen LogP contribution in [0.5, 0.6) is 0 Å². The molecule has 26 heavy (non-hydrogen) atoms. The number of hydrogen-bond acceptors (Lipinski definition) is 7. The standard InChI is InChI=1S/C17H10ClN3O4S/c18-10-5-2-1-4-9(10)13-12(14(22)11-6-3-7-25-11)15(23)16(24)21(13)17-20-19-8-26-17/h1-8,13,23H. The highest BCUT2D eigenvalue weighted by Crippen LogP contribution is 2.44. The van der Waals surface area contributed by atoms with Gasteiger partial charge in [-0.3, -0.25) is 14.5 Å². The molecule has 1 unspecified atom stereocenters. The third kappa shape index (κ3) is 2.51. The van der Waals surface area contributed by atoms with Crippen LogP contribution in [0, 0.1) is 0 Å². The van der Waals surface area contributed by atoms with Crippen molar-refractivity contribution in [3.05, 3.63) is 75.9 Å². The lowest BCUT2D eigenvalue weighted by Gasteiger charge is -2.24. The van der Waals surface area contributed by atoms with Gasteiger partial charge in [0, 0.05) is 5.02 Å². The monoisotopic (exact) mass is 387 g/mol. The minimum Gasteiger partial charge on any atom is -0.503 e. The van der Waals surface area contributed by atoms with E-state index in [1.54, 1.807) is 30.3 Å². The highest BCUT2D eigenvalue weighted by molar-refractivity contribution is 7.13. The van der Waals surface area contributed by atoms with Gasteiger partial charge in [-0.1, -0.05) is 41.1 Å². The number of carbonyl (C=O) groups is 2. The predicted octanol–water partition coefficient (Wildman–Crippen LogP) is 3.57. The minimum absolute atomic E-state index is 0.00974. The molecule has 0 saturated heterocycles. The molecule has 0 fully saturated rings. The summed E-state index contributed by atoms with van der Waals surface area (Å²) in [4.78, 5) is 26.8. The van der Waals surface area contributed by atoms with E-state index in [1.165, 1.54) is 22.7 Å². The molecule has 1 aliphatic rings. The number of amides is 1. The van der Waals surface area contributed by atoms with Crippen LogP contribution < -0.4 is 4.90 Å². The Bertz CT molecular complexity index is 1010. The molecule has 9 heteroatoms. The SMILES string of the molecule is O=C(C1=C(O)C(=O)N(c2nncs2)C1c1ccccc1Cl)c1ccco1. The van der Waals surface area contributed by atoms with Crippen LogP contribution in [-0.2, 0) is 4.79 Å². The number of aliphatic hydroxyl groups excluding tert-OH is 1. The minimum atomic E-state index is -0.943. The average molecular weight is 388 g/mol. The molecule has 1 aliphatic heterocycles. The largest absolute Gasteiger partial charge is 0.503 e. The molecular weight excluding hydrogens is 378 g/mol. The van der Waals surface area contributed by atoms with Gasteiger partial charge in [-0.2, -0.15) is 0 Å². The summed E-state index contributed by atoms with van der Waals surface area (Å²) in [6, 6.07) is 8.86. The second-order valence-electron chi connectivity index (χ2n) is 5.39. The van der Waals surface area contributed by atoms with Gasteiger partial charge in [0.25, 0.3) is 5.91 Å². The van der Waals surface area contributed by atoms with Gasteiger partial charge < -0.3 is 9.52 Å². The van der Waals surface area contributed by atoms with Crippen LogP contribution in [0.15, 0.2) is 63.9 Å². The lowest BCUT2D eigenvalue weighted by molar-refractivity contribution is -0.117. The molecule has 1 amide bonds. The lowest BCUT2D eigenvalue weighted by atomic mass is 9.95. The van der Waals surface area contributed by atoms with E-state index in [1.807, 2.05) is 0 Å². The van der Waals surface area contributed by atoms with Gasteiger partial charge in [-0.25, -0.2) is 0 Å². The molecule has 2 aromatic heterocycles. The molecular formula is C17H10ClN3O4S. The van der Waals surface area contributed by atoms with Crippen LogP contribution in [-0.4, -0.2) is 27.0 Å². The Morgan fingerprint density at radius 1 is 1.27 bits per heavy atom. The fraction of sp³-hybridized carbons (Fsp3) is 0.0588.